The molecule has 2 atom stereocenters. The average Bonchev–Trinajstić information content (AvgIpc) is 2.16. The Labute approximate surface area is 101 Å². The van der Waals surface area contributed by atoms with Gasteiger partial charge in [-0.05, 0) is 24.6 Å². The van der Waals surface area contributed by atoms with Gasteiger partial charge in [-0.1, -0.05) is 33.8 Å². The van der Waals surface area contributed by atoms with Gasteiger partial charge in [0, 0.05) is 5.92 Å². The molecule has 0 radical (unpaired) electrons. The summed E-state index contributed by atoms with van der Waals surface area (Å²) in [5, 5.41) is 0.133. The minimum Gasteiger partial charge on any atom is -0.407 e. The molecule has 0 N–H and O–H groups in total. The van der Waals surface area contributed by atoms with Crippen molar-refractivity contribution in [3.05, 3.63) is 12.7 Å². The first-order valence-corrected chi connectivity index (χ1v) is 8.86. The van der Waals surface area contributed by atoms with Crippen LogP contribution in [0.3, 0.4) is 0 Å². The molecule has 0 aromatic heterocycles. The summed E-state index contributed by atoms with van der Waals surface area (Å²) in [7, 11) is -1.86. The molecule has 0 saturated carbocycles. The number of hydrogen-bond donors (Lipinski definition) is 0. The minimum atomic E-state index is -1.86. The van der Waals surface area contributed by atoms with E-state index in [1.807, 2.05) is 6.08 Å². The van der Waals surface area contributed by atoms with E-state index in [2.05, 4.69) is 47.4 Å². The number of aldehydes is 1. The Bertz CT molecular complexity index is 241. The molecule has 0 unspecified atom stereocenters. The lowest BCUT2D eigenvalue weighted by atomic mass is 10.0. The maximum Gasteiger partial charge on any atom is 0.193 e. The monoisotopic (exact) mass is 242 g/mol. The van der Waals surface area contributed by atoms with Crippen LogP contribution < -0.4 is 0 Å². The highest BCUT2D eigenvalue weighted by molar-refractivity contribution is 6.74. The van der Waals surface area contributed by atoms with E-state index in [-0.39, 0.29) is 17.1 Å². The van der Waals surface area contributed by atoms with Gasteiger partial charge in [-0.3, -0.25) is 0 Å². The van der Waals surface area contributed by atoms with Crippen molar-refractivity contribution in [1.29, 1.82) is 0 Å². The van der Waals surface area contributed by atoms with Crippen LogP contribution in [0.4, 0.5) is 0 Å². The summed E-state index contributed by atoms with van der Waals surface area (Å²) in [5.41, 5.74) is 0. The smallest absolute Gasteiger partial charge is 0.193 e. The number of carbonyl (C=O) groups is 1. The van der Waals surface area contributed by atoms with E-state index in [0.717, 1.165) is 12.7 Å². The Balaban J connectivity index is 4.78. The van der Waals surface area contributed by atoms with Crippen LogP contribution in [-0.2, 0) is 9.22 Å². The Kier molecular flexibility index (Phi) is 5.63. The zero-order chi connectivity index (χ0) is 13.0. The molecule has 0 heterocycles. The molecule has 2 nitrogen and oxygen atoms in total. The summed E-state index contributed by atoms with van der Waals surface area (Å²) < 4.78 is 6.10. The maximum atomic E-state index is 11.1. The predicted molar refractivity (Wildman–Crippen MR) is 72.1 cm³/mol. The third-order valence-electron chi connectivity index (χ3n) is 3.57. The van der Waals surface area contributed by atoms with E-state index in [4.69, 9.17) is 4.43 Å². The molecule has 0 fully saturated rings. The Morgan fingerprint density at radius 1 is 1.38 bits per heavy atom. The Morgan fingerprint density at radius 2 is 1.88 bits per heavy atom. The van der Waals surface area contributed by atoms with E-state index in [1.165, 1.54) is 0 Å². The van der Waals surface area contributed by atoms with Crippen molar-refractivity contribution in [3.8, 4) is 0 Å². The summed E-state index contributed by atoms with van der Waals surface area (Å²) in [5.74, 6) is 0.131. The number of carbonyl (C=O) groups excluding carboxylic acids is 1. The van der Waals surface area contributed by atoms with Gasteiger partial charge in [-0.2, -0.15) is 0 Å². The molecule has 0 aliphatic carbocycles. The predicted octanol–water partition coefficient (Wildman–Crippen LogP) is 3.79. The first-order valence-electron chi connectivity index (χ1n) is 5.95. The molecule has 0 aromatic rings. The van der Waals surface area contributed by atoms with E-state index in [0.29, 0.717) is 0 Å². The summed E-state index contributed by atoms with van der Waals surface area (Å²) in [6.07, 6.45) is 3.31. The van der Waals surface area contributed by atoms with Crippen molar-refractivity contribution in [1.82, 2.24) is 0 Å². The van der Waals surface area contributed by atoms with Crippen LogP contribution in [0.5, 0.6) is 0 Å². The normalized spacial score (nSPS) is 16.6. The van der Waals surface area contributed by atoms with Crippen molar-refractivity contribution in [3.63, 3.8) is 0 Å². The van der Waals surface area contributed by atoms with Crippen LogP contribution in [-0.4, -0.2) is 20.7 Å². The van der Waals surface area contributed by atoms with Gasteiger partial charge < -0.3 is 9.22 Å². The van der Waals surface area contributed by atoms with Gasteiger partial charge >= 0.3 is 0 Å². The second kappa shape index (κ2) is 5.78. The van der Waals surface area contributed by atoms with Crippen molar-refractivity contribution in [2.75, 3.05) is 0 Å². The topological polar surface area (TPSA) is 26.3 Å². The third-order valence-corrected chi connectivity index (χ3v) is 8.04. The second-order valence-corrected chi connectivity index (χ2v) is 10.5. The van der Waals surface area contributed by atoms with Gasteiger partial charge in [0.15, 0.2) is 8.32 Å². The fourth-order valence-electron chi connectivity index (χ4n) is 1.27. The molecule has 0 aromatic carbocycles. The molecule has 0 spiro atoms. The highest BCUT2D eigenvalue weighted by Gasteiger charge is 2.40. The van der Waals surface area contributed by atoms with Gasteiger partial charge in [0.1, 0.15) is 12.4 Å². The first-order chi connectivity index (χ1) is 7.19. The van der Waals surface area contributed by atoms with Crippen LogP contribution in [0.2, 0.25) is 18.1 Å². The summed E-state index contributed by atoms with van der Waals surface area (Å²) in [6.45, 7) is 16.7. The van der Waals surface area contributed by atoms with Crippen LogP contribution in [0.25, 0.3) is 0 Å². The Hall–Kier alpha value is -0.413. The lowest BCUT2D eigenvalue weighted by molar-refractivity contribution is -0.115. The summed E-state index contributed by atoms with van der Waals surface area (Å²) in [6, 6.07) is 0. The molecular formula is C13H26O2Si. The van der Waals surface area contributed by atoms with Gasteiger partial charge in [-0.25, -0.2) is 0 Å². The van der Waals surface area contributed by atoms with Crippen LogP contribution in [0.1, 0.15) is 34.1 Å². The zero-order valence-corrected chi connectivity index (χ0v) is 12.5. The highest BCUT2D eigenvalue weighted by Crippen LogP contribution is 2.38. The quantitative estimate of drug-likeness (QED) is 0.402. The van der Waals surface area contributed by atoms with Crippen LogP contribution >= 0.6 is 0 Å². The molecule has 0 amide bonds. The van der Waals surface area contributed by atoms with E-state index >= 15 is 0 Å². The molecule has 0 bridgehead atoms. The van der Waals surface area contributed by atoms with E-state index in [1.54, 1.807) is 0 Å². The first kappa shape index (κ1) is 15.6. The molecular weight excluding hydrogens is 216 g/mol. The lowest BCUT2D eigenvalue weighted by Crippen LogP contribution is -2.46. The van der Waals surface area contributed by atoms with Crippen LogP contribution in [0.15, 0.2) is 12.7 Å². The maximum absolute atomic E-state index is 11.1. The van der Waals surface area contributed by atoms with E-state index in [9.17, 15) is 4.79 Å². The zero-order valence-electron chi connectivity index (χ0n) is 11.5. The lowest BCUT2D eigenvalue weighted by Gasteiger charge is -2.39. The fraction of sp³-hybridized carbons (Fsp3) is 0.769. The third kappa shape index (κ3) is 3.87. The van der Waals surface area contributed by atoms with Gasteiger partial charge in [0.05, 0.1) is 0 Å². The molecule has 0 saturated heterocycles. The van der Waals surface area contributed by atoms with E-state index < -0.39 is 8.32 Å². The van der Waals surface area contributed by atoms with Crippen molar-refractivity contribution >= 4 is 14.6 Å². The molecule has 16 heavy (non-hydrogen) atoms. The second-order valence-electron chi connectivity index (χ2n) is 5.79. The molecule has 3 heteroatoms. The largest absolute Gasteiger partial charge is 0.407 e. The van der Waals surface area contributed by atoms with Crippen molar-refractivity contribution in [2.45, 2.75) is 58.4 Å². The van der Waals surface area contributed by atoms with Gasteiger partial charge in [0.2, 0.25) is 0 Å². The number of rotatable bonds is 6. The Morgan fingerprint density at radius 3 is 2.12 bits per heavy atom. The standard InChI is InChI=1S/C13H26O2Si/c1-8-11(9-2)12(10-14)15-16(6,7)13(3,4)5/h8,10-12H,1,9H2,2-7H3/t11-,12+/m1/s1. The van der Waals surface area contributed by atoms with Crippen LogP contribution in [0, 0.1) is 5.92 Å². The van der Waals surface area contributed by atoms with Gasteiger partial charge in [0.25, 0.3) is 0 Å². The molecule has 0 aliphatic rings. The van der Waals surface area contributed by atoms with Crippen molar-refractivity contribution < 1.29 is 9.22 Å². The van der Waals surface area contributed by atoms with Crippen molar-refractivity contribution in [2.24, 2.45) is 5.92 Å². The molecule has 0 aliphatic heterocycles. The summed E-state index contributed by atoms with van der Waals surface area (Å²) >= 11 is 0. The van der Waals surface area contributed by atoms with Gasteiger partial charge in [-0.15, -0.1) is 6.58 Å². The summed E-state index contributed by atoms with van der Waals surface area (Å²) in [4.78, 5) is 11.1. The molecule has 94 valence electrons. The minimum absolute atomic E-state index is 0.131. The molecule has 0 rings (SSSR count). The fourth-order valence-corrected chi connectivity index (χ4v) is 2.53. The number of hydrogen-bond acceptors (Lipinski definition) is 2. The SMILES string of the molecule is C=C[C@H](CC)[C@H](C=O)O[Si](C)(C)C(C)(C)C. The average molecular weight is 242 g/mol. The highest BCUT2D eigenvalue weighted by atomic mass is 28.4.